The van der Waals surface area contributed by atoms with Gasteiger partial charge in [-0.15, -0.1) is 0 Å². The number of carboxylic acid groups (broad SMARTS) is 1. The van der Waals surface area contributed by atoms with E-state index in [1.165, 1.54) is 12.1 Å². The molecule has 0 bridgehead atoms. The maximum absolute atomic E-state index is 12.3. The third kappa shape index (κ3) is 2.76. The monoisotopic (exact) mass is 295 g/mol. The molecule has 2 rings (SSSR count). The second kappa shape index (κ2) is 5.38. The van der Waals surface area contributed by atoms with Crippen LogP contribution in [-0.4, -0.2) is 25.0 Å². The Morgan fingerprint density at radius 2 is 1.80 bits per heavy atom. The molecule has 1 aliphatic carbocycles. The first-order chi connectivity index (χ1) is 9.39. The van der Waals surface area contributed by atoms with Crippen molar-refractivity contribution in [3.8, 4) is 0 Å². The molecule has 0 saturated carbocycles. The summed E-state index contributed by atoms with van der Waals surface area (Å²) in [5.41, 5.74) is -0.429. The summed E-state index contributed by atoms with van der Waals surface area (Å²) in [7, 11) is -3.84. The number of carboxylic acids is 1. The van der Waals surface area contributed by atoms with Gasteiger partial charge in [0.05, 0.1) is 4.90 Å². The molecule has 6 heteroatoms. The van der Waals surface area contributed by atoms with Crippen LogP contribution >= 0.6 is 0 Å². The number of nitrogens with one attached hydrogen (secondary N) is 1. The third-order valence-electron chi connectivity index (χ3n) is 3.48. The normalized spacial score (nSPS) is 17.2. The average molecular weight is 295 g/mol. The molecule has 0 aliphatic heterocycles. The summed E-state index contributed by atoms with van der Waals surface area (Å²) in [5.74, 6) is -1.16. The molecule has 0 aromatic heterocycles. The Labute approximate surface area is 118 Å². The molecular weight excluding hydrogens is 278 g/mol. The van der Waals surface area contributed by atoms with Crippen molar-refractivity contribution in [2.24, 2.45) is 0 Å². The van der Waals surface area contributed by atoms with Crippen molar-refractivity contribution in [2.45, 2.75) is 36.6 Å². The summed E-state index contributed by atoms with van der Waals surface area (Å²) >= 11 is 0. The van der Waals surface area contributed by atoms with Gasteiger partial charge in [-0.2, -0.15) is 4.72 Å². The highest BCUT2D eigenvalue weighted by molar-refractivity contribution is 7.89. The van der Waals surface area contributed by atoms with Crippen molar-refractivity contribution in [1.29, 1.82) is 0 Å². The molecule has 1 aromatic rings. The fraction of sp³-hybridized carbons (Fsp3) is 0.357. The van der Waals surface area contributed by atoms with Gasteiger partial charge >= 0.3 is 5.97 Å². The third-order valence-corrected chi connectivity index (χ3v) is 5.03. The van der Waals surface area contributed by atoms with E-state index in [1.54, 1.807) is 24.3 Å². The SMILES string of the molecule is CCc1ccc(S(=O)(=O)NC2(C(=O)O)CC=CC2)cc1. The first kappa shape index (κ1) is 14.7. The van der Waals surface area contributed by atoms with Crippen LogP contribution in [0.3, 0.4) is 0 Å². The van der Waals surface area contributed by atoms with Gasteiger partial charge in [0.1, 0.15) is 5.54 Å². The van der Waals surface area contributed by atoms with Gasteiger partial charge in [0.25, 0.3) is 0 Å². The van der Waals surface area contributed by atoms with E-state index in [9.17, 15) is 18.3 Å². The van der Waals surface area contributed by atoms with E-state index >= 15 is 0 Å². The fourth-order valence-corrected chi connectivity index (χ4v) is 3.56. The second-order valence-electron chi connectivity index (χ2n) is 4.87. The van der Waals surface area contributed by atoms with Crippen molar-refractivity contribution in [3.63, 3.8) is 0 Å². The Morgan fingerprint density at radius 1 is 1.25 bits per heavy atom. The predicted molar refractivity (Wildman–Crippen MR) is 74.9 cm³/mol. The van der Waals surface area contributed by atoms with Crippen molar-refractivity contribution in [3.05, 3.63) is 42.0 Å². The van der Waals surface area contributed by atoms with Crippen molar-refractivity contribution in [1.82, 2.24) is 4.72 Å². The van der Waals surface area contributed by atoms with Crippen LogP contribution in [0.25, 0.3) is 0 Å². The van der Waals surface area contributed by atoms with Gasteiger partial charge in [0.2, 0.25) is 10.0 Å². The van der Waals surface area contributed by atoms with Crippen LogP contribution in [0.4, 0.5) is 0 Å². The van der Waals surface area contributed by atoms with Gasteiger partial charge in [-0.3, -0.25) is 4.79 Å². The molecule has 108 valence electrons. The molecule has 0 spiro atoms. The molecule has 0 atom stereocenters. The van der Waals surface area contributed by atoms with E-state index in [4.69, 9.17) is 0 Å². The van der Waals surface area contributed by atoms with Crippen molar-refractivity contribution < 1.29 is 18.3 Å². The van der Waals surface area contributed by atoms with Crippen molar-refractivity contribution in [2.75, 3.05) is 0 Å². The number of aliphatic carboxylic acids is 1. The van der Waals surface area contributed by atoms with E-state index in [-0.39, 0.29) is 17.7 Å². The Hall–Kier alpha value is -1.66. The molecule has 0 unspecified atom stereocenters. The van der Waals surface area contributed by atoms with Crippen LogP contribution in [0.2, 0.25) is 0 Å². The van der Waals surface area contributed by atoms with Gasteiger partial charge in [-0.25, -0.2) is 8.42 Å². The predicted octanol–water partition coefficient (Wildman–Crippen LogP) is 1.70. The standard InChI is InChI=1S/C14H17NO4S/c1-2-11-5-7-12(8-6-11)20(18,19)15-14(13(16)17)9-3-4-10-14/h3-8,15H,2,9-10H2,1H3,(H,16,17). The van der Waals surface area contributed by atoms with E-state index in [0.717, 1.165) is 12.0 Å². The van der Waals surface area contributed by atoms with Gasteiger partial charge in [-0.1, -0.05) is 31.2 Å². The zero-order chi connectivity index (χ0) is 14.8. The van der Waals surface area contributed by atoms with Gasteiger partial charge in [-0.05, 0) is 37.0 Å². The van der Waals surface area contributed by atoms with Crippen LogP contribution in [0.15, 0.2) is 41.3 Å². The molecule has 0 radical (unpaired) electrons. The van der Waals surface area contributed by atoms with E-state index in [2.05, 4.69) is 4.72 Å². The van der Waals surface area contributed by atoms with Crippen LogP contribution in [0, 0.1) is 0 Å². The highest BCUT2D eigenvalue weighted by atomic mass is 32.2. The molecule has 0 amide bonds. The summed E-state index contributed by atoms with van der Waals surface area (Å²) < 4.78 is 26.9. The largest absolute Gasteiger partial charge is 0.480 e. The number of hydrogen-bond acceptors (Lipinski definition) is 3. The van der Waals surface area contributed by atoms with Crippen LogP contribution in [0.1, 0.15) is 25.3 Å². The Morgan fingerprint density at radius 3 is 2.25 bits per heavy atom. The lowest BCUT2D eigenvalue weighted by Crippen LogP contribution is -2.52. The molecule has 5 nitrogen and oxygen atoms in total. The summed E-state index contributed by atoms with van der Waals surface area (Å²) in [4.78, 5) is 11.5. The minimum Gasteiger partial charge on any atom is -0.480 e. The maximum atomic E-state index is 12.3. The highest BCUT2D eigenvalue weighted by Crippen LogP contribution is 2.26. The lowest BCUT2D eigenvalue weighted by Gasteiger charge is -2.25. The number of carbonyl (C=O) groups is 1. The number of benzene rings is 1. The second-order valence-corrected chi connectivity index (χ2v) is 6.55. The number of sulfonamides is 1. The zero-order valence-corrected chi connectivity index (χ0v) is 12.0. The summed E-state index contributed by atoms with van der Waals surface area (Å²) in [5, 5.41) is 9.29. The summed E-state index contributed by atoms with van der Waals surface area (Å²) in [6.45, 7) is 1.98. The number of aryl methyl sites for hydroxylation is 1. The first-order valence-corrected chi connectivity index (χ1v) is 7.89. The lowest BCUT2D eigenvalue weighted by atomic mass is 9.99. The number of hydrogen-bond donors (Lipinski definition) is 2. The Kier molecular flexibility index (Phi) is 3.96. The van der Waals surface area contributed by atoms with Gasteiger partial charge in [0, 0.05) is 0 Å². The Bertz CT molecular complexity index is 624. The molecule has 0 heterocycles. The van der Waals surface area contributed by atoms with E-state index in [0.29, 0.717) is 0 Å². The topological polar surface area (TPSA) is 83.5 Å². The minimum absolute atomic E-state index is 0.0854. The molecular formula is C14H17NO4S. The molecule has 2 N–H and O–H groups in total. The highest BCUT2D eigenvalue weighted by Gasteiger charge is 2.42. The van der Waals surface area contributed by atoms with Gasteiger partial charge < -0.3 is 5.11 Å². The van der Waals surface area contributed by atoms with Crippen LogP contribution in [0.5, 0.6) is 0 Å². The summed E-state index contributed by atoms with van der Waals surface area (Å²) in [6, 6.07) is 6.46. The van der Waals surface area contributed by atoms with Crippen LogP contribution < -0.4 is 4.72 Å². The Balaban J connectivity index is 2.28. The maximum Gasteiger partial charge on any atom is 0.325 e. The minimum atomic E-state index is -3.84. The van der Waals surface area contributed by atoms with E-state index in [1.807, 2.05) is 6.92 Å². The van der Waals surface area contributed by atoms with E-state index < -0.39 is 21.5 Å². The molecule has 0 fully saturated rings. The van der Waals surface area contributed by atoms with Gasteiger partial charge in [0.15, 0.2) is 0 Å². The average Bonchev–Trinajstić information content (AvgIpc) is 2.88. The molecule has 0 saturated heterocycles. The van der Waals surface area contributed by atoms with Crippen LogP contribution in [-0.2, 0) is 21.2 Å². The molecule has 20 heavy (non-hydrogen) atoms. The summed E-state index contributed by atoms with van der Waals surface area (Å²) in [6.07, 6.45) is 4.49. The zero-order valence-electron chi connectivity index (χ0n) is 11.2. The smallest absolute Gasteiger partial charge is 0.325 e. The number of rotatable bonds is 5. The quantitative estimate of drug-likeness (QED) is 0.810. The first-order valence-electron chi connectivity index (χ1n) is 6.41. The van der Waals surface area contributed by atoms with Crippen molar-refractivity contribution >= 4 is 16.0 Å². The molecule has 1 aromatic carbocycles. The lowest BCUT2D eigenvalue weighted by molar-refractivity contribution is -0.143. The molecule has 1 aliphatic rings. The fourth-order valence-electron chi connectivity index (χ4n) is 2.17.